The predicted octanol–water partition coefficient (Wildman–Crippen LogP) is 1.67. The van der Waals surface area contributed by atoms with Gasteiger partial charge < -0.3 is 10.6 Å². The number of nitrogens with zero attached hydrogens (tertiary/aromatic N) is 2. The van der Waals surface area contributed by atoms with Crippen LogP contribution in [0.4, 0.5) is 24.7 Å². The molecule has 1 atom stereocenters. The Balaban J connectivity index is 2.52. The molecular weight excluding hydrogens is 249 g/mol. The number of fused-ring (bicyclic) bond motifs is 1. The summed E-state index contributed by atoms with van der Waals surface area (Å²) < 4.78 is 40.1. The van der Waals surface area contributed by atoms with E-state index in [4.69, 9.17) is 0 Å². The van der Waals surface area contributed by atoms with Crippen LogP contribution in [0.25, 0.3) is 0 Å². The molecule has 0 bridgehead atoms. The number of hydrogen-bond acceptors (Lipinski definition) is 3. The summed E-state index contributed by atoms with van der Waals surface area (Å²) in [6, 6.07) is 0. The summed E-state index contributed by atoms with van der Waals surface area (Å²) in [6.07, 6.45) is -4.17. The summed E-state index contributed by atoms with van der Waals surface area (Å²) in [5.74, 6) is -0.948. The second-order valence-corrected chi connectivity index (χ2v) is 4.35. The lowest BCUT2D eigenvalue weighted by atomic mass is 9.97. The van der Waals surface area contributed by atoms with Crippen molar-refractivity contribution in [1.82, 2.24) is 9.78 Å². The van der Waals surface area contributed by atoms with Crippen molar-refractivity contribution in [1.29, 1.82) is 0 Å². The summed E-state index contributed by atoms with van der Waals surface area (Å²) in [5.41, 5.74) is -1.76. The van der Waals surface area contributed by atoms with E-state index < -0.39 is 17.6 Å². The van der Waals surface area contributed by atoms with Crippen molar-refractivity contribution in [3.05, 3.63) is 5.69 Å². The van der Waals surface area contributed by atoms with Gasteiger partial charge in [0, 0.05) is 7.05 Å². The van der Waals surface area contributed by atoms with Gasteiger partial charge in [-0.2, -0.15) is 18.3 Å². The molecule has 2 heterocycles. The summed E-state index contributed by atoms with van der Waals surface area (Å²) in [5, 5.41) is 8.61. The van der Waals surface area contributed by atoms with Crippen molar-refractivity contribution >= 4 is 17.4 Å². The molecule has 100 valence electrons. The van der Waals surface area contributed by atoms with Gasteiger partial charge in [-0.3, -0.25) is 9.48 Å². The molecule has 1 aliphatic rings. The van der Waals surface area contributed by atoms with Crippen molar-refractivity contribution < 1.29 is 18.0 Å². The maximum atomic E-state index is 12.9. The lowest BCUT2D eigenvalue weighted by Crippen LogP contribution is -2.60. The molecule has 2 rings (SSSR count). The Labute approximate surface area is 101 Å². The average Bonchev–Trinajstić information content (AvgIpc) is 2.55. The molecule has 0 saturated carbocycles. The normalized spacial score (nSPS) is 23.3. The maximum Gasteiger partial charge on any atom is 0.420 e. The fourth-order valence-electron chi connectivity index (χ4n) is 1.83. The molecular formula is C10H13F3N4O. The highest BCUT2D eigenvalue weighted by Crippen LogP contribution is 2.41. The van der Waals surface area contributed by atoms with Crippen LogP contribution in [0.5, 0.6) is 0 Å². The molecule has 5 nitrogen and oxygen atoms in total. The number of anilines is 2. The minimum Gasteiger partial charge on any atom is -0.347 e. The van der Waals surface area contributed by atoms with Gasteiger partial charge in [-0.15, -0.1) is 0 Å². The van der Waals surface area contributed by atoms with Crippen LogP contribution in [-0.2, 0) is 18.3 Å². The Morgan fingerprint density at radius 2 is 2.06 bits per heavy atom. The van der Waals surface area contributed by atoms with Crippen molar-refractivity contribution in [3.8, 4) is 0 Å². The molecule has 8 heteroatoms. The smallest absolute Gasteiger partial charge is 0.347 e. The fraction of sp³-hybridized carbons (Fsp3) is 0.600. The van der Waals surface area contributed by atoms with Gasteiger partial charge in [-0.05, 0) is 13.3 Å². The third-order valence-electron chi connectivity index (χ3n) is 3.08. The van der Waals surface area contributed by atoms with E-state index in [2.05, 4.69) is 15.7 Å². The predicted molar refractivity (Wildman–Crippen MR) is 59.3 cm³/mol. The zero-order valence-electron chi connectivity index (χ0n) is 10.1. The van der Waals surface area contributed by atoms with Gasteiger partial charge in [0.1, 0.15) is 11.5 Å². The van der Waals surface area contributed by atoms with E-state index in [1.165, 1.54) is 11.7 Å². The lowest BCUT2D eigenvalue weighted by Gasteiger charge is -2.35. The maximum absolute atomic E-state index is 12.9. The van der Waals surface area contributed by atoms with Gasteiger partial charge in [0.2, 0.25) is 5.54 Å². The molecule has 1 aromatic heterocycles. The van der Waals surface area contributed by atoms with Crippen LogP contribution in [0.15, 0.2) is 0 Å². The SMILES string of the molecule is CCc1nn(C)c2c1NC(=O)C(C)(C(F)(F)F)N2. The van der Waals surface area contributed by atoms with Gasteiger partial charge in [-0.1, -0.05) is 6.92 Å². The highest BCUT2D eigenvalue weighted by molar-refractivity contribution is 6.06. The highest BCUT2D eigenvalue weighted by Gasteiger charge is 2.59. The van der Waals surface area contributed by atoms with Crippen LogP contribution in [-0.4, -0.2) is 27.4 Å². The van der Waals surface area contributed by atoms with E-state index in [0.717, 1.165) is 6.92 Å². The van der Waals surface area contributed by atoms with Gasteiger partial charge >= 0.3 is 6.18 Å². The van der Waals surface area contributed by atoms with Crippen molar-refractivity contribution in [2.24, 2.45) is 7.05 Å². The molecule has 0 spiro atoms. The van der Waals surface area contributed by atoms with Crippen molar-refractivity contribution in [2.75, 3.05) is 10.6 Å². The van der Waals surface area contributed by atoms with Gasteiger partial charge in [-0.25, -0.2) is 0 Å². The summed E-state index contributed by atoms with van der Waals surface area (Å²) >= 11 is 0. The molecule has 2 N–H and O–H groups in total. The number of carbonyl (C=O) groups is 1. The lowest BCUT2D eigenvalue weighted by molar-refractivity contribution is -0.179. The average molecular weight is 262 g/mol. The van der Waals surface area contributed by atoms with Gasteiger partial charge in [0.15, 0.2) is 0 Å². The molecule has 1 amide bonds. The summed E-state index contributed by atoms with van der Waals surface area (Å²) in [6.45, 7) is 2.62. The number of rotatable bonds is 1. The zero-order valence-corrected chi connectivity index (χ0v) is 10.1. The Morgan fingerprint density at radius 1 is 1.44 bits per heavy atom. The molecule has 0 aliphatic carbocycles. The number of alkyl halides is 3. The second kappa shape index (κ2) is 3.63. The van der Waals surface area contributed by atoms with Crippen LogP contribution in [0.1, 0.15) is 19.5 Å². The first-order chi connectivity index (χ1) is 8.20. The number of carbonyl (C=O) groups excluding carboxylic acids is 1. The van der Waals surface area contributed by atoms with Crippen LogP contribution < -0.4 is 10.6 Å². The molecule has 1 unspecified atom stereocenters. The van der Waals surface area contributed by atoms with E-state index in [1.807, 2.05) is 6.92 Å². The Kier molecular flexibility index (Phi) is 2.56. The van der Waals surface area contributed by atoms with Gasteiger partial charge in [0.05, 0.1) is 5.69 Å². The third-order valence-corrected chi connectivity index (χ3v) is 3.08. The topological polar surface area (TPSA) is 59.0 Å². The Bertz CT molecular complexity index is 508. The minimum atomic E-state index is -4.69. The van der Waals surface area contributed by atoms with E-state index in [9.17, 15) is 18.0 Å². The molecule has 18 heavy (non-hydrogen) atoms. The first kappa shape index (κ1) is 12.7. The van der Waals surface area contributed by atoms with E-state index in [1.54, 1.807) is 0 Å². The number of nitrogens with one attached hydrogen (secondary N) is 2. The Hall–Kier alpha value is -1.73. The number of halogens is 3. The van der Waals surface area contributed by atoms with Crippen LogP contribution in [0.2, 0.25) is 0 Å². The number of aryl methyl sites for hydroxylation is 2. The molecule has 0 aromatic carbocycles. The quantitative estimate of drug-likeness (QED) is 0.809. The van der Waals surface area contributed by atoms with Gasteiger partial charge in [0.25, 0.3) is 5.91 Å². The summed E-state index contributed by atoms with van der Waals surface area (Å²) in [4.78, 5) is 11.7. The van der Waals surface area contributed by atoms with E-state index in [0.29, 0.717) is 17.8 Å². The largest absolute Gasteiger partial charge is 0.420 e. The summed E-state index contributed by atoms with van der Waals surface area (Å²) in [7, 11) is 1.53. The standard InChI is InChI=1S/C10H13F3N4O/c1-4-5-6-7(17(3)16-5)15-9(2,8(18)14-6)10(11,12)13/h15H,4H2,1-3H3,(H,14,18). The van der Waals surface area contributed by atoms with Crippen molar-refractivity contribution in [2.45, 2.75) is 32.0 Å². The molecule has 0 saturated heterocycles. The minimum absolute atomic E-state index is 0.172. The first-order valence-corrected chi connectivity index (χ1v) is 5.43. The highest BCUT2D eigenvalue weighted by atomic mass is 19.4. The number of amides is 1. The van der Waals surface area contributed by atoms with Crippen LogP contribution >= 0.6 is 0 Å². The molecule has 0 radical (unpaired) electrons. The fourth-order valence-corrected chi connectivity index (χ4v) is 1.83. The number of hydrogen-bond donors (Lipinski definition) is 2. The van der Waals surface area contributed by atoms with E-state index >= 15 is 0 Å². The zero-order chi connectivity index (χ0) is 13.7. The Morgan fingerprint density at radius 3 is 2.56 bits per heavy atom. The monoisotopic (exact) mass is 262 g/mol. The first-order valence-electron chi connectivity index (χ1n) is 5.43. The molecule has 1 aromatic rings. The van der Waals surface area contributed by atoms with Crippen LogP contribution in [0, 0.1) is 0 Å². The molecule has 1 aliphatic heterocycles. The molecule has 0 fully saturated rings. The second-order valence-electron chi connectivity index (χ2n) is 4.35. The van der Waals surface area contributed by atoms with Crippen molar-refractivity contribution in [3.63, 3.8) is 0 Å². The van der Waals surface area contributed by atoms with Crippen LogP contribution in [0.3, 0.4) is 0 Å². The van der Waals surface area contributed by atoms with E-state index in [-0.39, 0.29) is 5.82 Å². The third kappa shape index (κ3) is 1.55. The number of aromatic nitrogens is 2.